The first-order valence-corrected chi connectivity index (χ1v) is 11.8. The molecule has 0 unspecified atom stereocenters. The van der Waals surface area contributed by atoms with E-state index in [9.17, 15) is 4.79 Å². The maximum atomic E-state index is 12.5. The number of hydrogen-bond acceptors (Lipinski definition) is 5. The van der Waals surface area contributed by atoms with Crippen molar-refractivity contribution in [1.29, 1.82) is 0 Å². The number of rotatable bonds is 3. The van der Waals surface area contributed by atoms with E-state index in [1.807, 2.05) is 37.0 Å². The lowest BCUT2D eigenvalue weighted by Gasteiger charge is -2.37. The van der Waals surface area contributed by atoms with E-state index in [0.717, 1.165) is 57.1 Å². The third-order valence-corrected chi connectivity index (χ3v) is 6.85. The number of anilines is 1. The highest BCUT2D eigenvalue weighted by Gasteiger charge is 2.28. The average Bonchev–Trinajstić information content (AvgIpc) is 3.05. The Morgan fingerprint density at radius 1 is 1.10 bits per heavy atom. The van der Waals surface area contributed by atoms with Crippen LogP contribution in [0.1, 0.15) is 63.2 Å². The van der Waals surface area contributed by atoms with E-state index < -0.39 is 0 Å². The Morgan fingerprint density at radius 2 is 1.83 bits per heavy atom. The van der Waals surface area contributed by atoms with Crippen molar-refractivity contribution in [3.05, 3.63) is 16.3 Å². The summed E-state index contributed by atoms with van der Waals surface area (Å²) < 4.78 is 0. The van der Waals surface area contributed by atoms with Gasteiger partial charge in [-0.05, 0) is 58.4 Å². The number of carbonyl (C=O) groups excluding carboxylic acids is 1. The van der Waals surface area contributed by atoms with Crippen molar-refractivity contribution >= 4 is 33.4 Å². The highest BCUT2D eigenvalue weighted by Crippen LogP contribution is 2.40. The summed E-state index contributed by atoms with van der Waals surface area (Å²) in [6.07, 6.45) is 6.84. The van der Waals surface area contributed by atoms with Crippen molar-refractivity contribution in [2.75, 3.05) is 31.1 Å². The highest BCUT2D eigenvalue weighted by atomic mass is 32.1. The molecule has 0 spiro atoms. The maximum Gasteiger partial charge on any atom is 0.317 e. The predicted octanol–water partition coefficient (Wildman–Crippen LogP) is 4.15. The van der Waals surface area contributed by atoms with Crippen LogP contribution < -0.4 is 10.2 Å². The van der Waals surface area contributed by atoms with E-state index in [4.69, 9.17) is 9.97 Å². The summed E-state index contributed by atoms with van der Waals surface area (Å²) in [4.78, 5) is 29.5. The number of fused-ring (bicyclic) bond motifs is 3. The Hall–Kier alpha value is -1.89. The van der Waals surface area contributed by atoms with Gasteiger partial charge in [-0.1, -0.05) is 6.92 Å². The van der Waals surface area contributed by atoms with Gasteiger partial charge in [0.25, 0.3) is 0 Å². The topological polar surface area (TPSA) is 61.4 Å². The van der Waals surface area contributed by atoms with Crippen LogP contribution in [0.4, 0.5) is 10.6 Å². The monoisotopic (exact) mass is 415 g/mol. The van der Waals surface area contributed by atoms with Crippen molar-refractivity contribution in [2.24, 2.45) is 0 Å². The fourth-order valence-electron chi connectivity index (χ4n) is 4.27. The first-order valence-electron chi connectivity index (χ1n) is 11.0. The van der Waals surface area contributed by atoms with Crippen LogP contribution in [0, 0.1) is 0 Å². The zero-order valence-corrected chi connectivity index (χ0v) is 19.0. The third-order valence-electron chi connectivity index (χ3n) is 5.66. The second-order valence-corrected chi connectivity index (χ2v) is 10.3. The molecule has 7 heteroatoms. The van der Waals surface area contributed by atoms with Crippen LogP contribution in [-0.4, -0.2) is 52.6 Å². The molecule has 1 aliphatic heterocycles. The Balaban J connectivity index is 1.60. The quantitative estimate of drug-likeness (QED) is 0.818. The average molecular weight is 416 g/mol. The minimum atomic E-state index is -0.210. The Bertz CT molecular complexity index is 893. The van der Waals surface area contributed by atoms with Gasteiger partial charge in [-0.2, -0.15) is 0 Å². The van der Waals surface area contributed by atoms with Gasteiger partial charge >= 0.3 is 6.03 Å². The van der Waals surface area contributed by atoms with Crippen LogP contribution >= 0.6 is 11.3 Å². The van der Waals surface area contributed by atoms with E-state index in [1.165, 1.54) is 39.9 Å². The molecule has 2 aromatic rings. The molecular formula is C22H33N5OS. The number of aryl methyl sites for hydroxylation is 3. The molecule has 3 heterocycles. The molecule has 2 amide bonds. The number of hydrogen-bond donors (Lipinski definition) is 1. The lowest BCUT2D eigenvalue weighted by Crippen LogP contribution is -2.55. The molecule has 0 atom stereocenters. The lowest BCUT2D eigenvalue weighted by atomic mass is 9.97. The van der Waals surface area contributed by atoms with Gasteiger partial charge in [-0.15, -0.1) is 11.3 Å². The largest absolute Gasteiger partial charge is 0.352 e. The fourth-order valence-corrected chi connectivity index (χ4v) is 5.54. The highest BCUT2D eigenvalue weighted by molar-refractivity contribution is 7.19. The molecule has 0 radical (unpaired) electrons. The SMILES string of the molecule is CCCc1nc(N2CCN(C(=O)NC(C)(C)C)CC2)c2c3c(sc2n1)CCCC3. The van der Waals surface area contributed by atoms with Gasteiger partial charge in [0.15, 0.2) is 0 Å². The Morgan fingerprint density at radius 3 is 2.52 bits per heavy atom. The van der Waals surface area contributed by atoms with Crippen molar-refractivity contribution in [3.8, 4) is 0 Å². The molecule has 0 aromatic carbocycles. The molecule has 2 aliphatic rings. The van der Waals surface area contributed by atoms with Crippen molar-refractivity contribution < 1.29 is 4.79 Å². The number of piperazine rings is 1. The van der Waals surface area contributed by atoms with Gasteiger partial charge in [-0.25, -0.2) is 14.8 Å². The van der Waals surface area contributed by atoms with Crippen molar-refractivity contribution in [3.63, 3.8) is 0 Å². The number of aromatic nitrogens is 2. The van der Waals surface area contributed by atoms with Gasteiger partial charge in [0, 0.05) is 43.0 Å². The Kier molecular flexibility index (Phi) is 5.69. The Labute approximate surface area is 177 Å². The molecule has 4 rings (SSSR count). The number of urea groups is 1. The van der Waals surface area contributed by atoms with Gasteiger partial charge in [0.05, 0.1) is 5.39 Å². The second-order valence-electron chi connectivity index (χ2n) is 9.26. The minimum absolute atomic E-state index is 0.0320. The number of carbonyl (C=O) groups is 1. The number of nitrogens with zero attached hydrogens (tertiary/aromatic N) is 4. The minimum Gasteiger partial charge on any atom is -0.352 e. The molecule has 6 nitrogen and oxygen atoms in total. The molecule has 158 valence electrons. The van der Waals surface area contributed by atoms with E-state index in [-0.39, 0.29) is 11.6 Å². The molecule has 1 aliphatic carbocycles. The van der Waals surface area contributed by atoms with Gasteiger partial charge < -0.3 is 15.1 Å². The van der Waals surface area contributed by atoms with E-state index in [1.54, 1.807) is 0 Å². The zero-order valence-electron chi connectivity index (χ0n) is 18.2. The van der Waals surface area contributed by atoms with Crippen LogP contribution in [-0.2, 0) is 19.3 Å². The number of amides is 2. The summed E-state index contributed by atoms with van der Waals surface area (Å²) in [5.41, 5.74) is 1.28. The van der Waals surface area contributed by atoms with Gasteiger partial charge in [-0.3, -0.25) is 0 Å². The summed E-state index contributed by atoms with van der Waals surface area (Å²) in [6.45, 7) is 11.3. The lowest BCUT2D eigenvalue weighted by molar-refractivity contribution is 0.185. The van der Waals surface area contributed by atoms with Crippen LogP contribution in [0.2, 0.25) is 0 Å². The molecule has 0 saturated carbocycles. The van der Waals surface area contributed by atoms with Crippen LogP contribution in [0.5, 0.6) is 0 Å². The summed E-state index contributed by atoms with van der Waals surface area (Å²) in [6, 6.07) is 0.0320. The third kappa shape index (κ3) is 4.34. The maximum absolute atomic E-state index is 12.5. The molecule has 0 bridgehead atoms. The number of nitrogens with one attached hydrogen (secondary N) is 1. The molecule has 1 fully saturated rings. The molecule has 29 heavy (non-hydrogen) atoms. The summed E-state index contributed by atoms with van der Waals surface area (Å²) in [5.74, 6) is 2.07. The van der Waals surface area contributed by atoms with Crippen LogP contribution in [0.25, 0.3) is 10.2 Å². The van der Waals surface area contributed by atoms with Crippen LogP contribution in [0.15, 0.2) is 0 Å². The van der Waals surface area contributed by atoms with Crippen LogP contribution in [0.3, 0.4) is 0 Å². The zero-order chi connectivity index (χ0) is 20.6. The van der Waals surface area contributed by atoms with Crippen molar-refractivity contribution in [2.45, 2.75) is 71.8 Å². The smallest absolute Gasteiger partial charge is 0.317 e. The van der Waals surface area contributed by atoms with E-state index in [2.05, 4.69) is 17.1 Å². The molecule has 1 saturated heterocycles. The molecule has 1 N–H and O–H groups in total. The van der Waals surface area contributed by atoms with E-state index >= 15 is 0 Å². The second kappa shape index (κ2) is 8.09. The fraction of sp³-hybridized carbons (Fsp3) is 0.682. The normalized spacial score (nSPS) is 17.5. The number of thiophene rings is 1. The summed E-state index contributed by atoms with van der Waals surface area (Å²) in [5, 5.41) is 4.37. The predicted molar refractivity (Wildman–Crippen MR) is 120 cm³/mol. The molecule has 2 aromatic heterocycles. The summed E-state index contributed by atoms with van der Waals surface area (Å²) >= 11 is 1.88. The summed E-state index contributed by atoms with van der Waals surface area (Å²) in [7, 11) is 0. The van der Waals surface area contributed by atoms with E-state index in [0.29, 0.717) is 0 Å². The molecular weight excluding hydrogens is 382 g/mol. The van der Waals surface area contributed by atoms with Gasteiger partial charge in [0.1, 0.15) is 16.5 Å². The van der Waals surface area contributed by atoms with Crippen molar-refractivity contribution in [1.82, 2.24) is 20.2 Å². The first kappa shape index (κ1) is 20.4. The first-order chi connectivity index (χ1) is 13.9. The van der Waals surface area contributed by atoms with Gasteiger partial charge in [0.2, 0.25) is 0 Å². The standard InChI is InChI=1S/C22H33N5OS/c1-5-8-17-23-19(18-15-9-6-7-10-16(15)29-20(18)24-17)26-11-13-27(14-12-26)21(28)25-22(2,3)4/h5-14H2,1-4H3,(H,25,28).